The van der Waals surface area contributed by atoms with E-state index in [1.54, 1.807) is 30.3 Å². The van der Waals surface area contributed by atoms with Gasteiger partial charge in [-0.1, -0.05) is 18.2 Å². The summed E-state index contributed by atoms with van der Waals surface area (Å²) in [6.45, 7) is 3.75. The molecule has 0 aliphatic carbocycles. The molecule has 1 aliphatic rings. The Bertz CT molecular complexity index is 716. The lowest BCUT2D eigenvalue weighted by atomic mass is 9.93. The summed E-state index contributed by atoms with van der Waals surface area (Å²) in [5.74, 6) is -1.27. The minimum atomic E-state index is -0.889. The van der Waals surface area contributed by atoms with Crippen LogP contribution >= 0.6 is 11.3 Å². The fourth-order valence-electron chi connectivity index (χ4n) is 2.72. The monoisotopic (exact) mass is 311 g/mol. The van der Waals surface area contributed by atoms with E-state index in [4.69, 9.17) is 0 Å². The minimum absolute atomic E-state index is 0.340. The molecule has 2 atom stereocenters. The zero-order valence-corrected chi connectivity index (χ0v) is 12.5. The van der Waals surface area contributed by atoms with Gasteiger partial charge in [0.15, 0.2) is 0 Å². The number of hydrogen-bond acceptors (Lipinski definition) is 4. The van der Waals surface area contributed by atoms with E-state index >= 15 is 0 Å². The van der Waals surface area contributed by atoms with Crippen LogP contribution in [-0.2, 0) is 4.79 Å². The Hall–Kier alpha value is -2.53. The average Bonchev–Trinajstić information content (AvgIpc) is 3.15. The standard InChI is InChI=1S/C17H13NO3S/c1-2-12(11-7-8-22-10-11)15(9-19)18-16(20)13-5-3-4-6-14(13)17(18)21/h2-10,12,15H,1H2/t12-,15+/m1/s1. The molecule has 1 aliphatic heterocycles. The highest BCUT2D eigenvalue weighted by Crippen LogP contribution is 2.31. The third-order valence-electron chi connectivity index (χ3n) is 3.81. The van der Waals surface area contributed by atoms with Gasteiger partial charge in [-0.3, -0.25) is 14.5 Å². The number of hydrogen-bond donors (Lipinski definition) is 0. The molecular weight excluding hydrogens is 298 g/mol. The first-order valence-electron chi connectivity index (χ1n) is 6.76. The van der Waals surface area contributed by atoms with Crippen molar-refractivity contribution in [1.29, 1.82) is 0 Å². The van der Waals surface area contributed by atoms with Crippen molar-refractivity contribution >= 4 is 29.4 Å². The molecule has 0 N–H and O–H groups in total. The molecule has 1 aromatic carbocycles. The van der Waals surface area contributed by atoms with Crippen molar-refractivity contribution in [3.63, 3.8) is 0 Å². The molecule has 0 unspecified atom stereocenters. The number of fused-ring (bicyclic) bond motifs is 1. The van der Waals surface area contributed by atoms with E-state index in [1.807, 2.05) is 16.8 Å². The van der Waals surface area contributed by atoms with Gasteiger partial charge in [0.05, 0.1) is 11.1 Å². The second kappa shape index (κ2) is 5.69. The van der Waals surface area contributed by atoms with Crippen LogP contribution in [0.2, 0.25) is 0 Å². The molecule has 2 heterocycles. The van der Waals surface area contributed by atoms with Gasteiger partial charge in [0.2, 0.25) is 0 Å². The summed E-state index contributed by atoms with van der Waals surface area (Å²) in [4.78, 5) is 37.7. The summed E-state index contributed by atoms with van der Waals surface area (Å²) >= 11 is 1.49. The highest BCUT2D eigenvalue weighted by Gasteiger charge is 2.42. The zero-order chi connectivity index (χ0) is 15.7. The fraction of sp³-hybridized carbons (Fsp3) is 0.118. The van der Waals surface area contributed by atoms with Gasteiger partial charge >= 0.3 is 0 Å². The van der Waals surface area contributed by atoms with Gasteiger partial charge in [0.1, 0.15) is 12.3 Å². The molecule has 0 saturated carbocycles. The summed E-state index contributed by atoms with van der Waals surface area (Å²) in [5.41, 5.74) is 1.55. The summed E-state index contributed by atoms with van der Waals surface area (Å²) in [7, 11) is 0. The molecule has 0 radical (unpaired) electrons. The minimum Gasteiger partial charge on any atom is -0.301 e. The van der Waals surface area contributed by atoms with Crippen molar-refractivity contribution in [1.82, 2.24) is 4.90 Å². The average molecular weight is 311 g/mol. The lowest BCUT2D eigenvalue weighted by Crippen LogP contribution is -2.44. The highest BCUT2D eigenvalue weighted by atomic mass is 32.1. The van der Waals surface area contributed by atoms with Crippen LogP contribution in [0.3, 0.4) is 0 Å². The second-order valence-electron chi connectivity index (χ2n) is 4.97. The van der Waals surface area contributed by atoms with Crippen LogP contribution in [0.4, 0.5) is 0 Å². The summed E-state index contributed by atoms with van der Waals surface area (Å²) < 4.78 is 0. The van der Waals surface area contributed by atoms with Crippen molar-refractivity contribution in [3.05, 3.63) is 70.4 Å². The van der Waals surface area contributed by atoms with Crippen LogP contribution in [0.15, 0.2) is 53.7 Å². The molecular formula is C17H13NO3S. The normalized spacial score (nSPS) is 16.3. The number of thiophene rings is 1. The number of amides is 2. The Morgan fingerprint density at radius 1 is 1.09 bits per heavy atom. The number of benzene rings is 1. The quantitative estimate of drug-likeness (QED) is 0.485. The molecule has 3 rings (SSSR count). The van der Waals surface area contributed by atoms with Crippen molar-refractivity contribution in [3.8, 4) is 0 Å². The van der Waals surface area contributed by atoms with Crippen molar-refractivity contribution in [2.24, 2.45) is 0 Å². The summed E-state index contributed by atoms with van der Waals surface area (Å²) in [6, 6.07) is 7.58. The molecule has 0 spiro atoms. The van der Waals surface area contributed by atoms with E-state index < -0.39 is 23.8 Å². The predicted octanol–water partition coefficient (Wildman–Crippen LogP) is 2.88. The second-order valence-corrected chi connectivity index (χ2v) is 5.75. The Balaban J connectivity index is 2.02. The maximum Gasteiger partial charge on any atom is 0.262 e. The molecule has 0 saturated heterocycles. The Labute approximate surface area is 131 Å². The number of rotatable bonds is 5. The number of imide groups is 1. The van der Waals surface area contributed by atoms with Crippen molar-refractivity contribution in [2.75, 3.05) is 0 Å². The van der Waals surface area contributed by atoms with Gasteiger partial charge in [-0.25, -0.2) is 0 Å². The molecule has 22 heavy (non-hydrogen) atoms. The maximum atomic E-state index is 12.5. The first-order valence-corrected chi connectivity index (χ1v) is 7.70. The van der Waals surface area contributed by atoms with Gasteiger partial charge in [0.25, 0.3) is 11.8 Å². The molecule has 5 heteroatoms. The molecule has 110 valence electrons. The van der Waals surface area contributed by atoms with Crippen LogP contribution in [-0.4, -0.2) is 29.0 Å². The summed E-state index contributed by atoms with van der Waals surface area (Å²) in [6.07, 6.45) is 2.25. The number of carbonyl (C=O) groups excluding carboxylic acids is 3. The number of nitrogens with zero attached hydrogens (tertiary/aromatic N) is 1. The van der Waals surface area contributed by atoms with Gasteiger partial charge in [-0.05, 0) is 34.5 Å². The molecule has 4 nitrogen and oxygen atoms in total. The predicted molar refractivity (Wildman–Crippen MR) is 84.1 cm³/mol. The first-order chi connectivity index (χ1) is 10.7. The van der Waals surface area contributed by atoms with Gasteiger partial charge in [-0.15, -0.1) is 6.58 Å². The molecule has 1 aromatic heterocycles. The van der Waals surface area contributed by atoms with Gasteiger partial charge in [-0.2, -0.15) is 11.3 Å². The zero-order valence-electron chi connectivity index (χ0n) is 11.6. The Kier molecular flexibility index (Phi) is 3.73. The highest BCUT2D eigenvalue weighted by molar-refractivity contribution is 7.08. The van der Waals surface area contributed by atoms with Crippen LogP contribution < -0.4 is 0 Å². The molecule has 2 amide bonds. The number of aldehydes is 1. The van der Waals surface area contributed by atoms with Gasteiger partial charge in [0, 0.05) is 5.92 Å². The lowest BCUT2D eigenvalue weighted by molar-refractivity contribution is -0.111. The van der Waals surface area contributed by atoms with E-state index in [2.05, 4.69) is 6.58 Å². The molecule has 0 bridgehead atoms. The third-order valence-corrected chi connectivity index (χ3v) is 4.51. The van der Waals surface area contributed by atoms with Crippen LogP contribution in [0.25, 0.3) is 0 Å². The summed E-state index contributed by atoms with van der Waals surface area (Å²) in [5, 5.41) is 3.77. The van der Waals surface area contributed by atoms with Crippen LogP contribution in [0.5, 0.6) is 0 Å². The van der Waals surface area contributed by atoms with E-state index in [0.717, 1.165) is 10.5 Å². The topological polar surface area (TPSA) is 54.5 Å². The molecule has 0 fully saturated rings. The number of carbonyl (C=O) groups is 3. The maximum absolute atomic E-state index is 12.5. The molecule has 2 aromatic rings. The fourth-order valence-corrected chi connectivity index (χ4v) is 3.43. The SMILES string of the molecule is C=C[C@H](c1ccsc1)[C@H](C=O)N1C(=O)c2ccccc2C1=O. The Morgan fingerprint density at radius 2 is 1.73 bits per heavy atom. The van der Waals surface area contributed by atoms with Gasteiger partial charge < -0.3 is 4.79 Å². The van der Waals surface area contributed by atoms with E-state index in [-0.39, 0.29) is 0 Å². The van der Waals surface area contributed by atoms with Crippen LogP contribution in [0.1, 0.15) is 32.2 Å². The first kappa shape index (κ1) is 14.4. The van der Waals surface area contributed by atoms with E-state index in [1.165, 1.54) is 11.3 Å². The Morgan fingerprint density at radius 3 is 2.18 bits per heavy atom. The van der Waals surface area contributed by atoms with E-state index in [9.17, 15) is 14.4 Å². The smallest absolute Gasteiger partial charge is 0.262 e. The van der Waals surface area contributed by atoms with Crippen molar-refractivity contribution < 1.29 is 14.4 Å². The van der Waals surface area contributed by atoms with E-state index in [0.29, 0.717) is 17.4 Å². The third kappa shape index (κ3) is 2.10. The van der Waals surface area contributed by atoms with Crippen LogP contribution in [0, 0.1) is 0 Å². The lowest BCUT2D eigenvalue weighted by Gasteiger charge is -2.26. The van der Waals surface area contributed by atoms with Crippen molar-refractivity contribution in [2.45, 2.75) is 12.0 Å². The largest absolute Gasteiger partial charge is 0.301 e.